The van der Waals surface area contributed by atoms with Gasteiger partial charge in [0, 0.05) is 13.1 Å². The first kappa shape index (κ1) is 15.4. The zero-order valence-corrected chi connectivity index (χ0v) is 11.0. The Balaban J connectivity index is 0.00000225. The minimum Gasteiger partial charge on any atom is -0.361 e. The lowest BCUT2D eigenvalue weighted by Crippen LogP contribution is -2.20. The molecule has 0 atom stereocenters. The van der Waals surface area contributed by atoms with E-state index < -0.39 is 0 Å². The van der Waals surface area contributed by atoms with Gasteiger partial charge in [-0.05, 0) is 6.42 Å². The SMILES string of the molecule is CCCCCCCCCCN1C=NCC1.N. The van der Waals surface area contributed by atoms with Gasteiger partial charge in [0.15, 0.2) is 0 Å². The van der Waals surface area contributed by atoms with Crippen LogP contribution in [0.4, 0.5) is 0 Å². The van der Waals surface area contributed by atoms with E-state index in [0.29, 0.717) is 0 Å². The van der Waals surface area contributed by atoms with Crippen molar-refractivity contribution in [1.82, 2.24) is 11.1 Å². The molecule has 0 saturated heterocycles. The molecule has 1 rings (SSSR count). The molecule has 3 nitrogen and oxygen atoms in total. The monoisotopic (exact) mass is 227 g/mol. The maximum Gasteiger partial charge on any atom is 0.0851 e. The van der Waals surface area contributed by atoms with Crippen LogP contribution in [0.15, 0.2) is 4.99 Å². The van der Waals surface area contributed by atoms with Gasteiger partial charge in [0.05, 0.1) is 12.9 Å². The van der Waals surface area contributed by atoms with Crippen LogP contribution in [0.3, 0.4) is 0 Å². The van der Waals surface area contributed by atoms with Gasteiger partial charge in [0.1, 0.15) is 0 Å². The summed E-state index contributed by atoms with van der Waals surface area (Å²) in [4.78, 5) is 6.56. The molecular weight excluding hydrogens is 198 g/mol. The average Bonchev–Trinajstić information content (AvgIpc) is 2.75. The van der Waals surface area contributed by atoms with Crippen molar-refractivity contribution in [1.29, 1.82) is 0 Å². The van der Waals surface area contributed by atoms with Crippen molar-refractivity contribution in [3.05, 3.63) is 0 Å². The second-order valence-electron chi connectivity index (χ2n) is 4.53. The third-order valence-corrected chi connectivity index (χ3v) is 3.06. The molecule has 0 saturated carbocycles. The Hall–Kier alpha value is -0.570. The lowest BCUT2D eigenvalue weighted by Gasteiger charge is -2.12. The minimum atomic E-state index is 0. The molecule has 0 aromatic carbocycles. The summed E-state index contributed by atoms with van der Waals surface area (Å²) >= 11 is 0. The third kappa shape index (κ3) is 7.69. The molecule has 0 spiro atoms. The van der Waals surface area contributed by atoms with Crippen LogP contribution in [0.2, 0.25) is 0 Å². The van der Waals surface area contributed by atoms with Gasteiger partial charge in [-0.3, -0.25) is 4.99 Å². The summed E-state index contributed by atoms with van der Waals surface area (Å²) in [6.45, 7) is 5.66. The van der Waals surface area contributed by atoms with E-state index in [4.69, 9.17) is 0 Å². The summed E-state index contributed by atoms with van der Waals surface area (Å²) in [5, 5.41) is 0. The van der Waals surface area contributed by atoms with E-state index in [1.807, 2.05) is 6.34 Å². The van der Waals surface area contributed by atoms with Crippen LogP contribution in [-0.2, 0) is 0 Å². The van der Waals surface area contributed by atoms with Gasteiger partial charge in [-0.1, -0.05) is 51.9 Å². The predicted octanol–water partition coefficient (Wildman–Crippen LogP) is 3.63. The van der Waals surface area contributed by atoms with E-state index in [-0.39, 0.29) is 6.15 Å². The Bertz CT molecular complexity index is 169. The van der Waals surface area contributed by atoms with Crippen molar-refractivity contribution >= 4 is 6.34 Å². The highest BCUT2D eigenvalue weighted by atomic mass is 15.2. The molecule has 0 aromatic rings. The van der Waals surface area contributed by atoms with Gasteiger partial charge in [-0.2, -0.15) is 0 Å². The third-order valence-electron chi connectivity index (χ3n) is 3.06. The van der Waals surface area contributed by atoms with Crippen LogP contribution in [0.25, 0.3) is 0 Å². The Morgan fingerprint density at radius 2 is 1.62 bits per heavy atom. The second-order valence-corrected chi connectivity index (χ2v) is 4.53. The quantitative estimate of drug-likeness (QED) is 0.611. The highest BCUT2D eigenvalue weighted by molar-refractivity contribution is 5.56. The fraction of sp³-hybridized carbons (Fsp3) is 0.923. The molecule has 16 heavy (non-hydrogen) atoms. The van der Waals surface area contributed by atoms with Crippen molar-refractivity contribution in [3.63, 3.8) is 0 Å². The zero-order valence-electron chi connectivity index (χ0n) is 11.0. The molecule has 1 heterocycles. The molecule has 0 aliphatic carbocycles. The van der Waals surface area contributed by atoms with Gasteiger partial charge in [-0.15, -0.1) is 0 Å². The molecule has 1 aliphatic rings. The van der Waals surface area contributed by atoms with E-state index >= 15 is 0 Å². The molecule has 3 heteroatoms. The second kappa shape index (κ2) is 10.9. The number of rotatable bonds is 9. The Labute approximate surface area is 101 Å². The van der Waals surface area contributed by atoms with Crippen molar-refractivity contribution in [2.45, 2.75) is 58.3 Å². The van der Waals surface area contributed by atoms with Crippen LogP contribution < -0.4 is 6.15 Å². The van der Waals surface area contributed by atoms with Gasteiger partial charge < -0.3 is 11.1 Å². The molecular formula is C13H29N3. The summed E-state index contributed by atoms with van der Waals surface area (Å²) in [5.41, 5.74) is 0. The largest absolute Gasteiger partial charge is 0.361 e. The highest BCUT2D eigenvalue weighted by Crippen LogP contribution is 2.08. The lowest BCUT2D eigenvalue weighted by molar-refractivity contribution is 0.438. The standard InChI is InChI=1S/C13H26N2.H3N/c1-2-3-4-5-6-7-8-9-11-15-12-10-14-13-15;/h13H,2-12H2,1H3;1H3. The molecule has 0 amide bonds. The number of nitrogens with zero attached hydrogens (tertiary/aromatic N) is 2. The number of hydrogen-bond donors (Lipinski definition) is 1. The van der Waals surface area contributed by atoms with Crippen molar-refractivity contribution in [2.24, 2.45) is 4.99 Å². The number of hydrogen-bond acceptors (Lipinski definition) is 3. The van der Waals surface area contributed by atoms with Gasteiger partial charge in [-0.25, -0.2) is 0 Å². The van der Waals surface area contributed by atoms with Crippen LogP contribution in [0, 0.1) is 0 Å². The number of unbranched alkanes of at least 4 members (excludes halogenated alkanes) is 7. The Morgan fingerprint density at radius 1 is 1.00 bits per heavy atom. The lowest BCUT2D eigenvalue weighted by atomic mass is 10.1. The molecule has 0 fully saturated rings. The van der Waals surface area contributed by atoms with Gasteiger partial charge in [0.25, 0.3) is 0 Å². The highest BCUT2D eigenvalue weighted by Gasteiger charge is 2.03. The molecule has 0 aromatic heterocycles. The molecule has 96 valence electrons. The Morgan fingerprint density at radius 3 is 2.19 bits per heavy atom. The minimum absolute atomic E-state index is 0. The first-order valence-corrected chi connectivity index (χ1v) is 6.67. The van der Waals surface area contributed by atoms with E-state index in [2.05, 4.69) is 16.8 Å². The summed E-state index contributed by atoms with van der Waals surface area (Å²) < 4.78 is 0. The molecule has 0 bridgehead atoms. The first-order valence-electron chi connectivity index (χ1n) is 6.67. The fourth-order valence-corrected chi connectivity index (χ4v) is 2.04. The van der Waals surface area contributed by atoms with Crippen LogP contribution in [-0.4, -0.2) is 30.9 Å². The van der Waals surface area contributed by atoms with Gasteiger partial charge >= 0.3 is 0 Å². The van der Waals surface area contributed by atoms with E-state index in [0.717, 1.165) is 13.1 Å². The molecule has 3 N–H and O–H groups in total. The maximum atomic E-state index is 4.21. The normalized spacial score (nSPS) is 14.2. The van der Waals surface area contributed by atoms with Crippen LogP contribution in [0.1, 0.15) is 58.3 Å². The van der Waals surface area contributed by atoms with Gasteiger partial charge in [0.2, 0.25) is 0 Å². The summed E-state index contributed by atoms with van der Waals surface area (Å²) in [6.07, 6.45) is 13.3. The fourth-order valence-electron chi connectivity index (χ4n) is 2.04. The maximum absolute atomic E-state index is 4.21. The summed E-state index contributed by atoms with van der Waals surface area (Å²) in [7, 11) is 0. The van der Waals surface area contributed by atoms with Crippen molar-refractivity contribution < 1.29 is 0 Å². The average molecular weight is 227 g/mol. The topological polar surface area (TPSA) is 50.6 Å². The van der Waals surface area contributed by atoms with Crippen molar-refractivity contribution in [3.8, 4) is 0 Å². The predicted molar refractivity (Wildman–Crippen MR) is 72.6 cm³/mol. The van der Waals surface area contributed by atoms with Crippen LogP contribution >= 0.6 is 0 Å². The first-order chi connectivity index (χ1) is 7.43. The van der Waals surface area contributed by atoms with Crippen LogP contribution in [0.5, 0.6) is 0 Å². The smallest absolute Gasteiger partial charge is 0.0851 e. The number of aliphatic imine (C=N–C) groups is 1. The van der Waals surface area contributed by atoms with E-state index in [1.54, 1.807) is 0 Å². The van der Waals surface area contributed by atoms with E-state index in [9.17, 15) is 0 Å². The Kier molecular flexibility index (Phi) is 10.5. The molecule has 0 radical (unpaired) electrons. The zero-order chi connectivity index (χ0) is 10.8. The van der Waals surface area contributed by atoms with Crippen molar-refractivity contribution in [2.75, 3.05) is 19.6 Å². The molecule has 1 aliphatic heterocycles. The van der Waals surface area contributed by atoms with E-state index in [1.165, 1.54) is 57.9 Å². The molecule has 0 unspecified atom stereocenters. The summed E-state index contributed by atoms with van der Waals surface area (Å²) in [6, 6.07) is 0. The summed E-state index contributed by atoms with van der Waals surface area (Å²) in [5.74, 6) is 0.